The van der Waals surface area contributed by atoms with Gasteiger partial charge in [-0.3, -0.25) is 0 Å². The van der Waals surface area contributed by atoms with Crippen LogP contribution in [0.1, 0.15) is 32.6 Å². The summed E-state index contributed by atoms with van der Waals surface area (Å²) in [6.45, 7) is 2.48. The highest BCUT2D eigenvalue weighted by Gasteiger charge is 2.33. The summed E-state index contributed by atoms with van der Waals surface area (Å²) in [5.41, 5.74) is 0. The topological polar surface area (TPSA) is 61.2 Å². The number of rotatable bonds is 4. The maximum atomic E-state index is 11.7. The van der Waals surface area contributed by atoms with Crippen LogP contribution in [0.5, 0.6) is 0 Å². The molecule has 5 heteroatoms. The molecule has 1 atom stereocenters. The number of unbranched alkanes of at least 4 members (excludes halogenated alkanes) is 1. The molecule has 0 aromatic heterocycles. The number of nitrogens with zero attached hydrogens (tertiary/aromatic N) is 2. The van der Waals surface area contributed by atoms with E-state index in [1.54, 1.807) is 0 Å². The van der Waals surface area contributed by atoms with Crippen LogP contribution in [0.25, 0.3) is 0 Å². The van der Waals surface area contributed by atoms with Crippen molar-refractivity contribution in [1.29, 1.82) is 5.26 Å². The van der Waals surface area contributed by atoms with Gasteiger partial charge < -0.3 is 0 Å². The van der Waals surface area contributed by atoms with Crippen LogP contribution < -0.4 is 0 Å². The van der Waals surface area contributed by atoms with Gasteiger partial charge in [-0.15, -0.1) is 0 Å². The summed E-state index contributed by atoms with van der Waals surface area (Å²) in [6, 6.07) is 1.62. The summed E-state index contributed by atoms with van der Waals surface area (Å²) in [4.78, 5) is 0. The van der Waals surface area contributed by atoms with Gasteiger partial charge in [0.2, 0.25) is 10.0 Å². The van der Waals surface area contributed by atoms with Gasteiger partial charge in [0.15, 0.2) is 0 Å². The second-order valence-electron chi connectivity index (χ2n) is 3.57. The molecule has 0 saturated carbocycles. The van der Waals surface area contributed by atoms with Crippen molar-refractivity contribution in [1.82, 2.24) is 4.31 Å². The van der Waals surface area contributed by atoms with Crippen molar-refractivity contribution >= 4 is 10.0 Å². The zero-order chi connectivity index (χ0) is 10.6. The normalized spacial score (nSPS) is 23.6. The number of hydrogen-bond acceptors (Lipinski definition) is 3. The first-order chi connectivity index (χ1) is 6.61. The molecule has 0 amide bonds. The van der Waals surface area contributed by atoms with Crippen LogP contribution in [0.15, 0.2) is 0 Å². The minimum atomic E-state index is -3.17. The molecule has 0 bridgehead atoms. The van der Waals surface area contributed by atoms with E-state index in [-0.39, 0.29) is 5.75 Å². The van der Waals surface area contributed by atoms with Crippen molar-refractivity contribution in [2.75, 3.05) is 12.3 Å². The van der Waals surface area contributed by atoms with Gasteiger partial charge in [-0.1, -0.05) is 13.3 Å². The lowest BCUT2D eigenvalue weighted by atomic mass is 10.2. The molecule has 1 aliphatic rings. The van der Waals surface area contributed by atoms with Gasteiger partial charge >= 0.3 is 0 Å². The molecule has 0 aliphatic carbocycles. The Morgan fingerprint density at radius 3 is 2.86 bits per heavy atom. The smallest absolute Gasteiger partial charge is 0.212 e. The van der Waals surface area contributed by atoms with Crippen LogP contribution in [0.4, 0.5) is 0 Å². The summed E-state index contributed by atoms with van der Waals surface area (Å²) in [7, 11) is -3.17. The van der Waals surface area contributed by atoms with Crippen molar-refractivity contribution in [3.8, 4) is 6.07 Å². The third kappa shape index (κ3) is 2.46. The van der Waals surface area contributed by atoms with Gasteiger partial charge in [-0.25, -0.2) is 8.42 Å². The average molecular weight is 216 g/mol. The monoisotopic (exact) mass is 216 g/mol. The van der Waals surface area contributed by atoms with Gasteiger partial charge in [0.25, 0.3) is 0 Å². The van der Waals surface area contributed by atoms with E-state index in [0.717, 1.165) is 12.8 Å². The van der Waals surface area contributed by atoms with E-state index in [1.165, 1.54) is 4.31 Å². The molecular weight excluding hydrogens is 200 g/mol. The molecule has 0 spiro atoms. The average Bonchev–Trinajstić information content (AvgIpc) is 2.63. The second kappa shape index (κ2) is 4.76. The van der Waals surface area contributed by atoms with Gasteiger partial charge in [0, 0.05) is 6.54 Å². The fourth-order valence-electron chi connectivity index (χ4n) is 1.65. The lowest BCUT2D eigenvalue weighted by Gasteiger charge is -2.18. The van der Waals surface area contributed by atoms with E-state index in [2.05, 4.69) is 0 Å². The Morgan fingerprint density at radius 2 is 2.29 bits per heavy atom. The highest BCUT2D eigenvalue weighted by Crippen LogP contribution is 2.21. The lowest BCUT2D eigenvalue weighted by Crippen LogP contribution is -2.36. The van der Waals surface area contributed by atoms with Crippen molar-refractivity contribution in [2.24, 2.45) is 0 Å². The fourth-order valence-corrected chi connectivity index (χ4v) is 3.48. The molecule has 1 rings (SSSR count). The van der Waals surface area contributed by atoms with Crippen LogP contribution >= 0.6 is 0 Å². The van der Waals surface area contributed by atoms with E-state index in [0.29, 0.717) is 19.4 Å². The Bertz CT molecular complexity index is 318. The van der Waals surface area contributed by atoms with Gasteiger partial charge in [-0.05, 0) is 19.3 Å². The van der Waals surface area contributed by atoms with E-state index in [1.807, 2.05) is 13.0 Å². The predicted octanol–water partition coefficient (Wildman–Crippen LogP) is 1.10. The van der Waals surface area contributed by atoms with Crippen LogP contribution in [0.3, 0.4) is 0 Å². The fraction of sp³-hybridized carbons (Fsp3) is 0.889. The molecule has 1 fully saturated rings. The van der Waals surface area contributed by atoms with Crippen LogP contribution in [-0.2, 0) is 10.0 Å². The highest BCUT2D eigenvalue weighted by atomic mass is 32.2. The van der Waals surface area contributed by atoms with Crippen molar-refractivity contribution in [2.45, 2.75) is 38.6 Å². The molecule has 0 N–H and O–H groups in total. The molecule has 0 aromatic carbocycles. The van der Waals surface area contributed by atoms with Crippen molar-refractivity contribution in [3.63, 3.8) is 0 Å². The van der Waals surface area contributed by atoms with E-state index in [9.17, 15) is 8.42 Å². The van der Waals surface area contributed by atoms with Crippen molar-refractivity contribution in [3.05, 3.63) is 0 Å². The van der Waals surface area contributed by atoms with Crippen LogP contribution in [0.2, 0.25) is 0 Å². The first-order valence-corrected chi connectivity index (χ1v) is 6.62. The van der Waals surface area contributed by atoms with Gasteiger partial charge in [0.05, 0.1) is 11.8 Å². The number of hydrogen-bond donors (Lipinski definition) is 0. The van der Waals surface area contributed by atoms with E-state index >= 15 is 0 Å². The molecule has 1 aliphatic heterocycles. The van der Waals surface area contributed by atoms with Crippen LogP contribution in [0, 0.1) is 11.3 Å². The largest absolute Gasteiger partial charge is 0.215 e. The molecule has 14 heavy (non-hydrogen) atoms. The quantitative estimate of drug-likeness (QED) is 0.707. The maximum absolute atomic E-state index is 11.7. The minimum absolute atomic E-state index is 0.182. The Kier molecular flexibility index (Phi) is 3.90. The Hall–Kier alpha value is -0.600. The predicted molar refractivity (Wildman–Crippen MR) is 54.0 cm³/mol. The molecule has 0 aromatic rings. The number of nitriles is 1. The molecule has 1 saturated heterocycles. The van der Waals surface area contributed by atoms with Gasteiger partial charge in [0.1, 0.15) is 6.04 Å². The zero-order valence-corrected chi connectivity index (χ0v) is 9.26. The number of sulfonamides is 1. The molecule has 80 valence electrons. The Morgan fingerprint density at radius 1 is 1.57 bits per heavy atom. The summed E-state index contributed by atoms with van der Waals surface area (Å²) < 4.78 is 24.8. The first kappa shape index (κ1) is 11.5. The SMILES string of the molecule is CCCCS(=O)(=O)N1CCC[C@H]1C#N. The summed E-state index contributed by atoms with van der Waals surface area (Å²) in [5.74, 6) is 0.182. The standard InChI is InChI=1S/C9H16N2O2S/c1-2-3-7-14(12,13)11-6-4-5-9(11)8-10/h9H,2-7H2,1H3/t9-/m0/s1. The molecule has 0 radical (unpaired) electrons. The molecular formula is C9H16N2O2S. The molecule has 4 nitrogen and oxygen atoms in total. The minimum Gasteiger partial charge on any atom is -0.212 e. The second-order valence-corrected chi connectivity index (χ2v) is 5.61. The Labute approximate surface area is 85.6 Å². The zero-order valence-electron chi connectivity index (χ0n) is 8.44. The summed E-state index contributed by atoms with van der Waals surface area (Å²) in [5, 5.41) is 8.77. The highest BCUT2D eigenvalue weighted by molar-refractivity contribution is 7.89. The van der Waals surface area contributed by atoms with E-state index in [4.69, 9.17) is 5.26 Å². The van der Waals surface area contributed by atoms with Crippen molar-refractivity contribution < 1.29 is 8.42 Å². The third-order valence-corrected chi connectivity index (χ3v) is 4.42. The lowest BCUT2D eigenvalue weighted by molar-refractivity contribution is 0.436. The molecule has 1 heterocycles. The Balaban J connectivity index is 2.68. The summed E-state index contributed by atoms with van der Waals surface area (Å²) in [6.07, 6.45) is 3.03. The summed E-state index contributed by atoms with van der Waals surface area (Å²) >= 11 is 0. The third-order valence-electron chi connectivity index (χ3n) is 2.47. The molecule has 0 unspecified atom stereocenters. The maximum Gasteiger partial charge on any atom is 0.215 e. The van der Waals surface area contributed by atoms with E-state index < -0.39 is 16.1 Å². The van der Waals surface area contributed by atoms with Crippen LogP contribution in [-0.4, -0.2) is 31.1 Å². The first-order valence-electron chi connectivity index (χ1n) is 5.01. The van der Waals surface area contributed by atoms with Gasteiger partial charge in [-0.2, -0.15) is 9.57 Å².